The van der Waals surface area contributed by atoms with Gasteiger partial charge in [-0.25, -0.2) is 0 Å². The van der Waals surface area contributed by atoms with Gasteiger partial charge in [-0.1, -0.05) is 60.7 Å². The van der Waals surface area contributed by atoms with E-state index in [9.17, 15) is 10.1 Å². The Labute approximate surface area is 182 Å². The van der Waals surface area contributed by atoms with Crippen LogP contribution in [0.15, 0.2) is 60.7 Å². The number of aromatic nitrogens is 1. The van der Waals surface area contributed by atoms with Crippen LogP contribution in [-0.4, -0.2) is 31.0 Å². The zero-order valence-corrected chi connectivity index (χ0v) is 17.6. The van der Waals surface area contributed by atoms with E-state index in [1.54, 1.807) is 0 Å². The fourth-order valence-electron chi connectivity index (χ4n) is 4.32. The van der Waals surface area contributed by atoms with Gasteiger partial charge in [-0.05, 0) is 36.8 Å². The molecular weight excluding hydrogens is 386 g/mol. The molecule has 3 aromatic rings. The monoisotopic (exact) mass is 411 g/mol. The Morgan fingerprint density at radius 3 is 2.32 bits per heavy atom. The number of carbonyl (C=O) groups is 1. The Balaban J connectivity index is 1.75. The summed E-state index contributed by atoms with van der Waals surface area (Å²) in [6, 6.07) is 22.3. The van der Waals surface area contributed by atoms with Gasteiger partial charge in [0.15, 0.2) is 6.29 Å². The molecule has 2 aromatic carbocycles. The summed E-state index contributed by atoms with van der Waals surface area (Å²) in [7, 11) is 0. The summed E-state index contributed by atoms with van der Waals surface area (Å²) in [5.41, 5.74) is 3.51. The summed E-state index contributed by atoms with van der Waals surface area (Å²) in [6.07, 6.45) is 2.79. The van der Waals surface area contributed by atoms with Crippen molar-refractivity contribution in [3.63, 3.8) is 0 Å². The van der Waals surface area contributed by atoms with Gasteiger partial charge in [0.1, 0.15) is 17.5 Å². The SMILES string of the molecule is CCOc1nc(N2CCC(c3ccccc3)CC2)c(C=O)c(-c2ccccc2)c1C#N. The van der Waals surface area contributed by atoms with Crippen molar-refractivity contribution in [3.05, 3.63) is 77.4 Å². The topological polar surface area (TPSA) is 66.2 Å². The molecule has 0 spiro atoms. The zero-order valence-electron chi connectivity index (χ0n) is 17.6. The predicted octanol–water partition coefficient (Wildman–Crippen LogP) is 5.22. The smallest absolute Gasteiger partial charge is 0.234 e. The first-order chi connectivity index (χ1) is 15.3. The van der Waals surface area contributed by atoms with Gasteiger partial charge in [-0.15, -0.1) is 0 Å². The number of hydrogen-bond acceptors (Lipinski definition) is 5. The van der Waals surface area contributed by atoms with Crippen molar-refractivity contribution in [2.45, 2.75) is 25.7 Å². The van der Waals surface area contributed by atoms with Gasteiger partial charge in [-0.2, -0.15) is 10.2 Å². The minimum atomic E-state index is 0.287. The quantitative estimate of drug-likeness (QED) is 0.521. The Morgan fingerprint density at radius 1 is 1.10 bits per heavy atom. The van der Waals surface area contributed by atoms with E-state index in [2.05, 4.69) is 40.2 Å². The van der Waals surface area contributed by atoms with Crippen LogP contribution in [-0.2, 0) is 0 Å². The fraction of sp³-hybridized carbons (Fsp3) is 0.269. The summed E-state index contributed by atoms with van der Waals surface area (Å²) in [4.78, 5) is 19.1. The van der Waals surface area contributed by atoms with Crippen molar-refractivity contribution in [1.82, 2.24) is 4.98 Å². The minimum absolute atomic E-state index is 0.287. The molecule has 1 aliphatic rings. The Hall–Kier alpha value is -3.65. The van der Waals surface area contributed by atoms with Crippen LogP contribution >= 0.6 is 0 Å². The molecule has 0 saturated carbocycles. The van der Waals surface area contributed by atoms with Crippen molar-refractivity contribution < 1.29 is 9.53 Å². The molecule has 0 N–H and O–H groups in total. The third kappa shape index (κ3) is 4.15. The van der Waals surface area contributed by atoms with E-state index < -0.39 is 0 Å². The number of pyridine rings is 1. The number of anilines is 1. The summed E-state index contributed by atoms with van der Waals surface area (Å²) >= 11 is 0. The number of hydrogen-bond donors (Lipinski definition) is 0. The maximum absolute atomic E-state index is 12.3. The minimum Gasteiger partial charge on any atom is -0.477 e. The van der Waals surface area contributed by atoms with Crippen LogP contribution in [0, 0.1) is 11.3 Å². The molecule has 0 atom stereocenters. The summed E-state index contributed by atoms with van der Waals surface area (Å²) in [5, 5.41) is 9.87. The van der Waals surface area contributed by atoms with Crippen molar-refractivity contribution in [3.8, 4) is 23.1 Å². The van der Waals surface area contributed by atoms with Gasteiger partial charge >= 0.3 is 0 Å². The van der Waals surface area contributed by atoms with E-state index in [1.807, 2.05) is 43.3 Å². The molecule has 5 heteroatoms. The molecule has 0 radical (unpaired) electrons. The number of nitrogens with zero attached hydrogens (tertiary/aromatic N) is 3. The Bertz CT molecular complexity index is 1080. The van der Waals surface area contributed by atoms with Crippen LogP contribution in [0.25, 0.3) is 11.1 Å². The standard InChI is InChI=1S/C26H25N3O2/c1-2-31-26-22(17-27)24(21-11-7-4-8-12-21)23(18-30)25(28-26)29-15-13-20(14-16-29)19-9-5-3-6-10-19/h3-12,18,20H,2,13-16H2,1H3. The second kappa shape index (κ2) is 9.44. The van der Waals surface area contributed by atoms with E-state index in [-0.39, 0.29) is 5.88 Å². The van der Waals surface area contributed by atoms with E-state index in [1.165, 1.54) is 5.56 Å². The molecule has 1 aromatic heterocycles. The molecule has 5 nitrogen and oxygen atoms in total. The molecule has 2 heterocycles. The zero-order chi connectivity index (χ0) is 21.6. The average molecular weight is 412 g/mol. The molecule has 156 valence electrons. The van der Waals surface area contributed by atoms with Crippen LogP contribution in [0.4, 0.5) is 5.82 Å². The largest absolute Gasteiger partial charge is 0.477 e. The molecule has 0 amide bonds. The lowest BCUT2D eigenvalue weighted by Crippen LogP contribution is -2.34. The molecular formula is C26H25N3O2. The molecule has 0 unspecified atom stereocenters. The summed E-state index contributed by atoms with van der Waals surface area (Å²) in [5.74, 6) is 1.38. The highest BCUT2D eigenvalue weighted by Gasteiger charge is 2.28. The number of nitriles is 1. The third-order valence-electron chi connectivity index (χ3n) is 5.82. The maximum atomic E-state index is 12.3. The Morgan fingerprint density at radius 2 is 1.74 bits per heavy atom. The van der Waals surface area contributed by atoms with Crippen LogP contribution < -0.4 is 9.64 Å². The van der Waals surface area contributed by atoms with E-state index in [4.69, 9.17) is 4.74 Å². The summed E-state index contributed by atoms with van der Waals surface area (Å²) in [6.45, 7) is 3.84. The highest BCUT2D eigenvalue weighted by molar-refractivity contribution is 5.96. The lowest BCUT2D eigenvalue weighted by atomic mass is 9.89. The number of benzene rings is 2. The third-order valence-corrected chi connectivity index (χ3v) is 5.82. The highest BCUT2D eigenvalue weighted by atomic mass is 16.5. The number of carbonyl (C=O) groups excluding carboxylic acids is 1. The molecule has 0 bridgehead atoms. The van der Waals surface area contributed by atoms with Crippen LogP contribution in [0.3, 0.4) is 0 Å². The van der Waals surface area contributed by atoms with Crippen molar-refractivity contribution in [2.75, 3.05) is 24.6 Å². The second-order valence-corrected chi connectivity index (χ2v) is 7.60. The van der Waals surface area contributed by atoms with Crippen molar-refractivity contribution in [1.29, 1.82) is 5.26 Å². The first kappa shape index (κ1) is 20.6. The first-order valence-corrected chi connectivity index (χ1v) is 10.7. The van der Waals surface area contributed by atoms with Gasteiger partial charge < -0.3 is 9.64 Å². The van der Waals surface area contributed by atoms with E-state index >= 15 is 0 Å². The van der Waals surface area contributed by atoms with E-state index in [0.717, 1.165) is 37.8 Å². The van der Waals surface area contributed by atoms with Crippen LogP contribution in [0.2, 0.25) is 0 Å². The lowest BCUT2D eigenvalue weighted by Gasteiger charge is -2.34. The van der Waals surface area contributed by atoms with Crippen LogP contribution in [0.5, 0.6) is 5.88 Å². The summed E-state index contributed by atoms with van der Waals surface area (Å²) < 4.78 is 5.74. The average Bonchev–Trinajstić information content (AvgIpc) is 2.84. The number of ether oxygens (including phenoxy) is 1. The molecule has 0 aliphatic carbocycles. The molecule has 1 aliphatic heterocycles. The van der Waals surface area contributed by atoms with Gasteiger partial charge in [0, 0.05) is 18.7 Å². The maximum Gasteiger partial charge on any atom is 0.234 e. The van der Waals surface area contributed by atoms with Crippen molar-refractivity contribution >= 4 is 12.1 Å². The van der Waals surface area contributed by atoms with Gasteiger partial charge in [0.2, 0.25) is 5.88 Å². The first-order valence-electron chi connectivity index (χ1n) is 10.7. The number of aldehydes is 1. The van der Waals surface area contributed by atoms with E-state index in [0.29, 0.717) is 35.0 Å². The molecule has 1 saturated heterocycles. The van der Waals surface area contributed by atoms with Crippen molar-refractivity contribution in [2.24, 2.45) is 0 Å². The lowest BCUT2D eigenvalue weighted by molar-refractivity contribution is 0.112. The fourth-order valence-corrected chi connectivity index (χ4v) is 4.32. The molecule has 4 rings (SSSR count). The predicted molar refractivity (Wildman–Crippen MR) is 122 cm³/mol. The molecule has 31 heavy (non-hydrogen) atoms. The van der Waals surface area contributed by atoms with Gasteiger partial charge in [-0.3, -0.25) is 4.79 Å². The normalized spacial score (nSPS) is 14.1. The highest BCUT2D eigenvalue weighted by Crippen LogP contribution is 2.38. The molecule has 1 fully saturated rings. The number of piperidine rings is 1. The van der Waals surface area contributed by atoms with Crippen LogP contribution in [0.1, 0.15) is 47.2 Å². The second-order valence-electron chi connectivity index (χ2n) is 7.60. The van der Waals surface area contributed by atoms with Gasteiger partial charge in [0.25, 0.3) is 0 Å². The number of rotatable bonds is 6. The Kier molecular flexibility index (Phi) is 6.28. The van der Waals surface area contributed by atoms with Gasteiger partial charge in [0.05, 0.1) is 12.2 Å².